The predicted molar refractivity (Wildman–Crippen MR) is 133 cm³/mol. The Morgan fingerprint density at radius 2 is 1.97 bits per heavy atom. The molecule has 1 aliphatic heterocycles. The number of alkyl halides is 1. The van der Waals surface area contributed by atoms with Gasteiger partial charge >= 0.3 is 13.6 Å². The fourth-order valence-corrected chi connectivity index (χ4v) is 5.85. The Morgan fingerprint density at radius 1 is 1.30 bits per heavy atom. The van der Waals surface area contributed by atoms with E-state index in [1.807, 2.05) is 0 Å². The zero-order chi connectivity index (χ0) is 27.4. The van der Waals surface area contributed by atoms with E-state index in [-0.39, 0.29) is 22.8 Å². The predicted octanol–water partition coefficient (Wildman–Crippen LogP) is 2.74. The van der Waals surface area contributed by atoms with Crippen molar-refractivity contribution in [1.82, 2.24) is 9.55 Å². The second-order valence-corrected chi connectivity index (χ2v) is 11.4. The quantitative estimate of drug-likeness (QED) is 0.213. The zero-order valence-corrected chi connectivity index (χ0v) is 22.2. The molecule has 1 saturated heterocycles. The average Bonchev–Trinajstić information content (AvgIpc) is 3.08. The Morgan fingerprint density at radius 3 is 2.57 bits per heavy atom. The first-order chi connectivity index (χ1) is 17.4. The first-order valence-electron chi connectivity index (χ1n) is 11.5. The molecule has 37 heavy (non-hydrogen) atoms. The highest BCUT2D eigenvalue weighted by molar-refractivity contribution is 7.71. The van der Waals surface area contributed by atoms with Crippen LogP contribution in [0.4, 0.5) is 4.39 Å². The molecular formula is C23H30FN2O9PS. The number of ether oxygens (including phenoxy) is 2. The molecule has 6 atom stereocenters. The van der Waals surface area contributed by atoms with E-state index in [0.29, 0.717) is 0 Å². The average molecular weight is 561 g/mol. The fraction of sp³-hybridized carbons (Fsp3) is 0.522. The van der Waals surface area contributed by atoms with Crippen LogP contribution in [0.2, 0.25) is 0 Å². The van der Waals surface area contributed by atoms with Crippen LogP contribution in [-0.2, 0) is 23.4 Å². The Labute approximate surface area is 217 Å². The van der Waals surface area contributed by atoms with Gasteiger partial charge in [-0.05, 0) is 38.2 Å². The van der Waals surface area contributed by atoms with Crippen molar-refractivity contribution in [3.05, 3.63) is 57.7 Å². The molecule has 204 valence electrons. The summed E-state index contributed by atoms with van der Waals surface area (Å²) >= 11 is 5.07. The summed E-state index contributed by atoms with van der Waals surface area (Å²) in [5, 5.41) is 21.6. The van der Waals surface area contributed by atoms with Gasteiger partial charge in [-0.1, -0.05) is 25.1 Å². The summed E-state index contributed by atoms with van der Waals surface area (Å²) in [6.07, 6.45) is -4.29. The summed E-state index contributed by atoms with van der Waals surface area (Å²) in [6.45, 7) is 2.85. The standard InChI is InChI=1S/C23H30FN2O9PS/c1-14(2)33-20(29)15(3)12-36(31,35-16-7-5-4-6-8-16)32-11-17-19(28)23(30,13-24)21(34-17)26-10-9-18(27)25-22(26)37/h4-10,14-15,17,19,21,28,30H,11-13H2,1-3H3,(H,25,27,37)/t15-,17-,19+,21-,23?,36?/m1/s1. The molecule has 0 bridgehead atoms. The molecule has 1 aromatic carbocycles. The summed E-state index contributed by atoms with van der Waals surface area (Å²) < 4.78 is 50.7. The SMILES string of the molecule is CC(C)OC(=O)[C@H](C)CP(=O)(OC[C@H]1O[C@@H](n2ccc(=O)[nH]c2=S)C(O)(CF)[C@H]1O)Oc1ccccc1. The van der Waals surface area contributed by atoms with Gasteiger partial charge in [0.1, 0.15) is 24.6 Å². The minimum absolute atomic E-state index is 0.172. The normalized spacial score (nSPS) is 26.0. The lowest BCUT2D eigenvalue weighted by Crippen LogP contribution is -2.49. The van der Waals surface area contributed by atoms with E-state index in [2.05, 4.69) is 4.98 Å². The number of aliphatic hydroxyl groups excluding tert-OH is 1. The molecule has 14 heteroatoms. The monoisotopic (exact) mass is 560 g/mol. The molecule has 1 aliphatic rings. The van der Waals surface area contributed by atoms with E-state index in [1.165, 1.54) is 13.1 Å². The number of esters is 1. The van der Waals surface area contributed by atoms with Crippen molar-refractivity contribution in [3.63, 3.8) is 0 Å². The van der Waals surface area contributed by atoms with E-state index < -0.39 is 62.4 Å². The van der Waals surface area contributed by atoms with Crippen LogP contribution >= 0.6 is 19.8 Å². The van der Waals surface area contributed by atoms with E-state index in [4.69, 9.17) is 30.7 Å². The molecule has 2 aromatic rings. The lowest BCUT2D eigenvalue weighted by molar-refractivity contribution is -0.151. The van der Waals surface area contributed by atoms with Crippen LogP contribution in [0.15, 0.2) is 47.4 Å². The van der Waals surface area contributed by atoms with Crippen LogP contribution in [-0.4, -0.2) is 69.1 Å². The van der Waals surface area contributed by atoms with Crippen LogP contribution in [0.1, 0.15) is 27.0 Å². The number of aliphatic hydroxyl groups is 2. The third-order valence-electron chi connectivity index (χ3n) is 5.59. The summed E-state index contributed by atoms with van der Waals surface area (Å²) in [5.74, 6) is -1.27. The van der Waals surface area contributed by atoms with E-state index in [1.54, 1.807) is 44.2 Å². The van der Waals surface area contributed by atoms with Crippen molar-refractivity contribution in [1.29, 1.82) is 0 Å². The molecule has 3 rings (SSSR count). The lowest BCUT2D eigenvalue weighted by Gasteiger charge is -2.29. The number of nitrogens with zero attached hydrogens (tertiary/aromatic N) is 1. The summed E-state index contributed by atoms with van der Waals surface area (Å²) in [4.78, 5) is 26.2. The molecule has 0 radical (unpaired) electrons. The zero-order valence-electron chi connectivity index (χ0n) is 20.5. The molecule has 1 aromatic heterocycles. The van der Waals surface area contributed by atoms with Crippen molar-refractivity contribution in [2.45, 2.75) is 50.9 Å². The molecule has 2 unspecified atom stereocenters. The van der Waals surface area contributed by atoms with Gasteiger partial charge in [-0.15, -0.1) is 0 Å². The largest absolute Gasteiger partial charge is 0.463 e. The van der Waals surface area contributed by atoms with Gasteiger partial charge in [0.05, 0.1) is 24.8 Å². The summed E-state index contributed by atoms with van der Waals surface area (Å²) in [6, 6.07) is 9.21. The maximum atomic E-state index is 14.0. The van der Waals surface area contributed by atoms with Crippen molar-refractivity contribution < 1.29 is 42.5 Å². The number of para-hydroxylation sites is 1. The van der Waals surface area contributed by atoms with E-state index in [9.17, 15) is 28.8 Å². The maximum absolute atomic E-state index is 14.0. The Balaban J connectivity index is 1.83. The third kappa shape index (κ3) is 6.92. The van der Waals surface area contributed by atoms with Gasteiger partial charge in [0, 0.05) is 12.3 Å². The van der Waals surface area contributed by atoms with Crippen molar-refractivity contribution >= 4 is 25.8 Å². The van der Waals surface area contributed by atoms with Gasteiger partial charge in [0.2, 0.25) is 0 Å². The molecule has 11 nitrogen and oxygen atoms in total. The van der Waals surface area contributed by atoms with Gasteiger partial charge in [-0.3, -0.25) is 23.7 Å². The number of nitrogens with one attached hydrogen (secondary N) is 1. The Kier molecular flexibility index (Phi) is 9.43. The maximum Gasteiger partial charge on any atom is 0.380 e. The topological polar surface area (TPSA) is 149 Å². The van der Waals surface area contributed by atoms with Crippen molar-refractivity contribution in [2.24, 2.45) is 5.92 Å². The molecule has 2 heterocycles. The summed E-state index contributed by atoms with van der Waals surface area (Å²) in [7, 11) is -4.07. The Bertz CT molecular complexity index is 1240. The van der Waals surface area contributed by atoms with Crippen LogP contribution in [0.5, 0.6) is 5.75 Å². The second-order valence-electron chi connectivity index (χ2n) is 8.99. The van der Waals surface area contributed by atoms with Gasteiger partial charge in [-0.25, -0.2) is 8.96 Å². The highest BCUT2D eigenvalue weighted by atomic mass is 32.1. The van der Waals surface area contributed by atoms with E-state index in [0.717, 1.165) is 10.6 Å². The number of carbonyl (C=O) groups excluding carboxylic acids is 1. The van der Waals surface area contributed by atoms with Gasteiger partial charge in [-0.2, -0.15) is 0 Å². The molecular weight excluding hydrogens is 530 g/mol. The lowest BCUT2D eigenvalue weighted by atomic mass is 9.95. The van der Waals surface area contributed by atoms with Gasteiger partial charge < -0.3 is 24.2 Å². The highest BCUT2D eigenvalue weighted by Crippen LogP contribution is 2.51. The molecule has 0 saturated carbocycles. The van der Waals surface area contributed by atoms with Crippen LogP contribution < -0.4 is 10.1 Å². The highest BCUT2D eigenvalue weighted by Gasteiger charge is 2.57. The number of halogens is 1. The van der Waals surface area contributed by atoms with E-state index >= 15 is 0 Å². The number of H-pyrrole nitrogens is 1. The minimum Gasteiger partial charge on any atom is -0.463 e. The van der Waals surface area contributed by atoms with Crippen LogP contribution in [0.3, 0.4) is 0 Å². The Hall–Kier alpha value is -2.41. The van der Waals surface area contributed by atoms with Gasteiger partial charge in [0.25, 0.3) is 5.56 Å². The minimum atomic E-state index is -4.07. The fourth-order valence-electron chi connectivity index (χ4n) is 3.72. The first-order valence-corrected chi connectivity index (χ1v) is 13.6. The van der Waals surface area contributed by atoms with Crippen molar-refractivity contribution in [2.75, 3.05) is 19.4 Å². The number of benzene rings is 1. The van der Waals surface area contributed by atoms with Crippen LogP contribution in [0.25, 0.3) is 0 Å². The van der Waals surface area contributed by atoms with Crippen molar-refractivity contribution in [3.8, 4) is 5.75 Å². The first kappa shape index (κ1) is 29.2. The van der Waals surface area contributed by atoms with Crippen LogP contribution in [0, 0.1) is 10.7 Å². The number of rotatable bonds is 11. The molecule has 3 N–H and O–H groups in total. The molecule has 0 amide bonds. The molecule has 0 aliphatic carbocycles. The molecule has 0 spiro atoms. The molecule has 1 fully saturated rings. The number of hydrogen-bond acceptors (Lipinski definition) is 10. The number of hydrogen-bond donors (Lipinski definition) is 3. The number of aromatic nitrogens is 2. The smallest absolute Gasteiger partial charge is 0.380 e. The second kappa shape index (κ2) is 12.0. The summed E-state index contributed by atoms with van der Waals surface area (Å²) in [5.41, 5.74) is -2.98. The third-order valence-corrected chi connectivity index (χ3v) is 7.93. The number of aromatic amines is 1. The number of carbonyl (C=O) groups is 1. The van der Waals surface area contributed by atoms with Gasteiger partial charge in [0.15, 0.2) is 16.6 Å².